The van der Waals surface area contributed by atoms with Crippen LogP contribution in [0.3, 0.4) is 0 Å². The van der Waals surface area contributed by atoms with Crippen LogP contribution >= 0.6 is 0 Å². The van der Waals surface area contributed by atoms with Gasteiger partial charge in [-0.25, -0.2) is 0 Å². The lowest BCUT2D eigenvalue weighted by Gasteiger charge is -2.18. The van der Waals surface area contributed by atoms with E-state index in [1.54, 1.807) is 0 Å². The molecule has 3 aliphatic rings. The predicted octanol–water partition coefficient (Wildman–Crippen LogP) is 0.201. The average Bonchev–Trinajstić information content (AvgIpc) is 2.73. The number of fused-ring (bicyclic) bond motifs is 3. The van der Waals surface area contributed by atoms with Crippen molar-refractivity contribution in [1.29, 1.82) is 0 Å². The molecule has 3 nitrogen and oxygen atoms in total. The largest absolute Gasteiger partial charge is 0.333 e. The maximum absolute atomic E-state index is 11.8. The zero-order valence-corrected chi connectivity index (χ0v) is 10.5. The summed E-state index contributed by atoms with van der Waals surface area (Å²) in [6, 6.07) is 0. The van der Waals surface area contributed by atoms with Gasteiger partial charge < -0.3 is 9.88 Å². The van der Waals surface area contributed by atoms with Crippen LogP contribution in [0.5, 0.6) is 0 Å². The van der Waals surface area contributed by atoms with E-state index in [0.29, 0.717) is 12.5 Å². The van der Waals surface area contributed by atoms with Crippen LogP contribution < -0.4 is 15.9 Å². The number of allylic oxidation sites excluding steroid dienone is 1. The lowest BCUT2D eigenvalue weighted by Crippen LogP contribution is -2.46. The highest BCUT2D eigenvalue weighted by Gasteiger charge is 2.28. The average molecular weight is 240 g/mol. The Morgan fingerprint density at radius 1 is 1.39 bits per heavy atom. The van der Waals surface area contributed by atoms with E-state index in [9.17, 15) is 4.79 Å². The Bertz CT molecular complexity index is 706. The molecule has 0 aromatic carbocycles. The minimum absolute atomic E-state index is 0.122. The Hall–Kier alpha value is -1.77. The quantitative estimate of drug-likeness (QED) is 0.690. The summed E-state index contributed by atoms with van der Waals surface area (Å²) in [6.07, 6.45) is 9.55. The summed E-state index contributed by atoms with van der Waals surface area (Å²) in [5.74, 6) is 0.829. The molecule has 1 N–H and O–H groups in total. The fourth-order valence-electron chi connectivity index (χ4n) is 3.54. The zero-order chi connectivity index (χ0) is 12.3. The van der Waals surface area contributed by atoms with E-state index in [0.717, 1.165) is 25.0 Å². The lowest BCUT2D eigenvalue weighted by molar-refractivity contribution is -0.120. The van der Waals surface area contributed by atoms with Crippen molar-refractivity contribution in [3.05, 3.63) is 34.0 Å². The molecule has 0 spiro atoms. The molecule has 0 saturated carbocycles. The number of nitrogens with zero attached hydrogens (tertiary/aromatic N) is 1. The van der Waals surface area contributed by atoms with Gasteiger partial charge in [0.1, 0.15) is 6.54 Å². The topological polar surface area (TPSA) is 34.0 Å². The van der Waals surface area contributed by atoms with E-state index in [1.165, 1.54) is 21.8 Å². The SMILES string of the molecule is CC1Cc2c(n3c4c2=CC=CCC=4NC(=O)C3)C1. The summed E-state index contributed by atoms with van der Waals surface area (Å²) < 4.78 is 2.26. The van der Waals surface area contributed by atoms with Gasteiger partial charge in [-0.1, -0.05) is 25.2 Å². The molecule has 1 aromatic heterocycles. The molecule has 4 rings (SSSR count). The van der Waals surface area contributed by atoms with Crippen LogP contribution in [0.25, 0.3) is 11.8 Å². The summed E-state index contributed by atoms with van der Waals surface area (Å²) in [7, 11) is 0. The van der Waals surface area contributed by atoms with E-state index >= 15 is 0 Å². The standard InChI is InChI=1S/C15H16N2O/c1-9-6-11-10-4-2-3-5-12-15(10)17(13(11)7-9)8-14(18)16-12/h2-4,9H,5-8H2,1H3,(H,16,18). The number of hydrogen-bond donors (Lipinski definition) is 1. The first-order valence-electron chi connectivity index (χ1n) is 6.64. The molecule has 0 saturated heterocycles. The smallest absolute Gasteiger partial charge is 0.244 e. The van der Waals surface area contributed by atoms with Crippen molar-refractivity contribution in [3.8, 4) is 0 Å². The van der Waals surface area contributed by atoms with Crippen molar-refractivity contribution in [2.24, 2.45) is 5.92 Å². The molecule has 92 valence electrons. The minimum atomic E-state index is 0.122. The van der Waals surface area contributed by atoms with Gasteiger partial charge in [-0.15, -0.1) is 0 Å². The molecule has 1 aliphatic heterocycles. The van der Waals surface area contributed by atoms with Crippen LogP contribution in [0, 0.1) is 5.92 Å². The molecule has 18 heavy (non-hydrogen) atoms. The first kappa shape index (κ1) is 10.2. The number of hydrogen-bond acceptors (Lipinski definition) is 1. The maximum atomic E-state index is 11.8. The summed E-state index contributed by atoms with van der Waals surface area (Å²) in [5.41, 5.74) is 3.94. The molecular formula is C15H16N2O. The van der Waals surface area contributed by atoms with E-state index in [1.807, 2.05) is 0 Å². The number of carbonyl (C=O) groups excluding carboxylic acids is 1. The van der Waals surface area contributed by atoms with Gasteiger partial charge >= 0.3 is 0 Å². The third-order valence-corrected chi connectivity index (χ3v) is 4.22. The second kappa shape index (κ2) is 3.37. The summed E-state index contributed by atoms with van der Waals surface area (Å²) in [4.78, 5) is 11.8. The first-order valence-corrected chi connectivity index (χ1v) is 6.64. The predicted molar refractivity (Wildman–Crippen MR) is 70.0 cm³/mol. The van der Waals surface area contributed by atoms with Crippen LogP contribution in [0.15, 0.2) is 12.2 Å². The molecule has 2 aliphatic carbocycles. The first-order chi connectivity index (χ1) is 8.74. The molecule has 2 heterocycles. The van der Waals surface area contributed by atoms with Gasteiger partial charge in [0.15, 0.2) is 0 Å². The highest BCUT2D eigenvalue weighted by atomic mass is 16.2. The lowest BCUT2D eigenvalue weighted by atomic mass is 10.1. The fourth-order valence-corrected chi connectivity index (χ4v) is 3.54. The van der Waals surface area contributed by atoms with E-state index in [2.05, 4.69) is 35.0 Å². The van der Waals surface area contributed by atoms with Crippen molar-refractivity contribution in [3.63, 3.8) is 0 Å². The van der Waals surface area contributed by atoms with Crippen LogP contribution in [-0.4, -0.2) is 10.5 Å². The Balaban J connectivity index is 2.13. The van der Waals surface area contributed by atoms with Gasteiger partial charge in [-0.3, -0.25) is 4.79 Å². The van der Waals surface area contributed by atoms with Crippen molar-refractivity contribution in [2.75, 3.05) is 0 Å². The highest BCUT2D eigenvalue weighted by Crippen LogP contribution is 2.24. The Kier molecular flexibility index (Phi) is 1.91. The fraction of sp³-hybridized carbons (Fsp3) is 0.400. The number of aromatic nitrogens is 1. The van der Waals surface area contributed by atoms with Crippen molar-refractivity contribution in [2.45, 2.75) is 32.7 Å². The molecule has 0 bridgehead atoms. The molecule has 0 radical (unpaired) electrons. The number of amides is 1. The van der Waals surface area contributed by atoms with Gasteiger partial charge in [0.25, 0.3) is 0 Å². The maximum Gasteiger partial charge on any atom is 0.244 e. The minimum Gasteiger partial charge on any atom is -0.333 e. The van der Waals surface area contributed by atoms with Gasteiger partial charge in [0.2, 0.25) is 5.91 Å². The molecular weight excluding hydrogens is 224 g/mol. The van der Waals surface area contributed by atoms with Crippen molar-refractivity contribution < 1.29 is 4.79 Å². The molecule has 1 amide bonds. The van der Waals surface area contributed by atoms with Crippen LogP contribution in [0.4, 0.5) is 0 Å². The molecule has 1 atom stereocenters. The van der Waals surface area contributed by atoms with E-state index < -0.39 is 0 Å². The third-order valence-electron chi connectivity index (χ3n) is 4.22. The van der Waals surface area contributed by atoms with Crippen molar-refractivity contribution >= 4 is 17.7 Å². The monoisotopic (exact) mass is 240 g/mol. The Morgan fingerprint density at radius 3 is 3.17 bits per heavy atom. The van der Waals surface area contributed by atoms with Crippen LogP contribution in [0.1, 0.15) is 24.6 Å². The van der Waals surface area contributed by atoms with Crippen LogP contribution in [0.2, 0.25) is 0 Å². The van der Waals surface area contributed by atoms with E-state index in [4.69, 9.17) is 0 Å². The van der Waals surface area contributed by atoms with Gasteiger partial charge in [0, 0.05) is 23.0 Å². The number of carbonyl (C=O) groups is 1. The van der Waals surface area contributed by atoms with Gasteiger partial charge in [-0.2, -0.15) is 0 Å². The molecule has 3 heteroatoms. The van der Waals surface area contributed by atoms with E-state index in [-0.39, 0.29) is 5.91 Å². The zero-order valence-electron chi connectivity index (χ0n) is 10.5. The number of nitrogens with one attached hydrogen (secondary N) is 1. The summed E-state index contributed by atoms with van der Waals surface area (Å²) in [6.45, 7) is 2.78. The Labute approximate surface area is 105 Å². The van der Waals surface area contributed by atoms with Crippen LogP contribution in [-0.2, 0) is 24.2 Å². The summed E-state index contributed by atoms with van der Waals surface area (Å²) in [5, 5.41) is 5.65. The number of rotatable bonds is 0. The van der Waals surface area contributed by atoms with Crippen molar-refractivity contribution in [1.82, 2.24) is 9.88 Å². The van der Waals surface area contributed by atoms with Gasteiger partial charge in [0.05, 0.1) is 5.35 Å². The highest BCUT2D eigenvalue weighted by molar-refractivity contribution is 5.84. The molecule has 1 aromatic rings. The molecule has 0 fully saturated rings. The second-order valence-electron chi connectivity index (χ2n) is 5.61. The Morgan fingerprint density at radius 2 is 2.28 bits per heavy atom. The summed E-state index contributed by atoms with van der Waals surface area (Å²) >= 11 is 0. The van der Waals surface area contributed by atoms with Gasteiger partial charge in [-0.05, 0) is 24.3 Å². The molecule has 1 unspecified atom stereocenters. The third kappa shape index (κ3) is 1.22. The normalized spacial score (nSPS) is 24.2. The second-order valence-corrected chi connectivity index (χ2v) is 5.61.